The Kier molecular flexibility index (Phi) is 6.24. The van der Waals surface area contributed by atoms with Gasteiger partial charge in [0, 0.05) is 0 Å². The van der Waals surface area contributed by atoms with Crippen molar-refractivity contribution in [1.82, 2.24) is 3.94 Å². The zero-order chi connectivity index (χ0) is 10.8. The first-order chi connectivity index (χ1) is 6.36. The second kappa shape index (κ2) is 5.92. The molecule has 0 N–H and O–H groups in total. The molecule has 5 heteroatoms. The van der Waals surface area contributed by atoms with Crippen LogP contribution in [0, 0.1) is 0 Å². The van der Waals surface area contributed by atoms with E-state index in [0.717, 1.165) is 11.0 Å². The van der Waals surface area contributed by atoms with Gasteiger partial charge in [0.15, 0.2) is 0 Å². The number of halogens is 3. The first-order valence-electron chi connectivity index (χ1n) is 5.31. The minimum Gasteiger partial charge on any atom is -1.00 e. The monoisotopic (exact) mass is 274 g/mol. The molecule has 0 amide bonds. The molecule has 2 nitrogen and oxygen atoms in total. The van der Waals surface area contributed by atoms with Gasteiger partial charge in [-0.25, -0.2) is 0 Å². The molecular weight excluding hydrogens is 254 g/mol. The number of quaternary nitrogens is 1. The number of likely N-dealkylation sites (N-methyl/N-ethyl adjacent to an activating group) is 1. The van der Waals surface area contributed by atoms with Crippen LogP contribution in [0.25, 0.3) is 0 Å². The topological polar surface area (TPSA) is 3.24 Å². The zero-order valence-electron chi connectivity index (χ0n) is 9.77. The summed E-state index contributed by atoms with van der Waals surface area (Å²) in [5, 5.41) is 0. The molecule has 0 bridgehead atoms. The van der Waals surface area contributed by atoms with Gasteiger partial charge < -0.3 is 16.9 Å². The van der Waals surface area contributed by atoms with E-state index in [0.29, 0.717) is 0 Å². The third kappa shape index (κ3) is 4.66. The van der Waals surface area contributed by atoms with Crippen molar-refractivity contribution in [3.05, 3.63) is 0 Å². The Morgan fingerprint density at radius 3 is 2.00 bits per heavy atom. The van der Waals surface area contributed by atoms with Gasteiger partial charge in [-0.2, -0.15) is 0 Å². The summed E-state index contributed by atoms with van der Waals surface area (Å²) in [6.07, 6.45) is 4.04. The third-order valence-electron chi connectivity index (χ3n) is 3.12. The Balaban J connectivity index is 0.00000196. The minimum atomic E-state index is -0.144. The predicted octanol–water partition coefficient (Wildman–Crippen LogP) is 0.00910. The first-order valence-corrected chi connectivity index (χ1v) is 5.99. The summed E-state index contributed by atoms with van der Waals surface area (Å²) in [6, 6.07) is 0. The third-order valence-corrected chi connectivity index (χ3v) is 4.04. The zero-order valence-corrected chi connectivity index (χ0v) is 12.0. The first kappa shape index (κ1) is 15.8. The van der Waals surface area contributed by atoms with Gasteiger partial charge >= 0.3 is 0 Å². The molecule has 1 aliphatic heterocycles. The smallest absolute Gasteiger partial charge is 0.0992 e. The lowest BCUT2D eigenvalue weighted by molar-refractivity contribution is -0.917. The van der Waals surface area contributed by atoms with Gasteiger partial charge in [-0.3, -0.25) is 0 Å². The van der Waals surface area contributed by atoms with E-state index < -0.39 is 0 Å². The average molecular weight is 276 g/mol. The molecule has 0 radical (unpaired) electrons. The Hall–Kier alpha value is 0.790. The van der Waals surface area contributed by atoms with Crippen molar-refractivity contribution in [3.63, 3.8) is 0 Å². The molecule has 0 unspecified atom stereocenters. The van der Waals surface area contributed by atoms with Crippen molar-refractivity contribution in [3.8, 4) is 0 Å². The van der Waals surface area contributed by atoms with Crippen LogP contribution in [0.3, 0.4) is 0 Å². The number of nitrogens with zero attached hydrogens (tertiary/aromatic N) is 2. The molecular formula is C10H21Cl3N2. The summed E-state index contributed by atoms with van der Waals surface area (Å²) in [4.78, 5) is 0. The van der Waals surface area contributed by atoms with Gasteiger partial charge in [-0.05, 0) is 56.7 Å². The van der Waals surface area contributed by atoms with Gasteiger partial charge in [0.05, 0.1) is 32.2 Å². The van der Waals surface area contributed by atoms with Gasteiger partial charge in [0.2, 0.25) is 0 Å². The maximum atomic E-state index is 5.84. The van der Waals surface area contributed by atoms with E-state index in [-0.39, 0.29) is 17.9 Å². The maximum Gasteiger partial charge on any atom is 0.0992 e. The molecule has 0 aliphatic carbocycles. The minimum absolute atomic E-state index is 0. The highest BCUT2D eigenvalue weighted by Gasteiger charge is 2.36. The van der Waals surface area contributed by atoms with E-state index >= 15 is 0 Å². The van der Waals surface area contributed by atoms with Crippen molar-refractivity contribution in [1.29, 1.82) is 0 Å². The number of likely N-dealkylation sites (tertiary alicyclic amines) is 1. The van der Waals surface area contributed by atoms with E-state index in [4.69, 9.17) is 23.6 Å². The van der Waals surface area contributed by atoms with Crippen LogP contribution in [0.1, 0.15) is 33.1 Å². The van der Waals surface area contributed by atoms with Crippen LogP contribution in [0.5, 0.6) is 0 Å². The van der Waals surface area contributed by atoms with Crippen molar-refractivity contribution in [2.24, 2.45) is 0 Å². The molecule has 15 heavy (non-hydrogen) atoms. The van der Waals surface area contributed by atoms with Crippen LogP contribution in [0.4, 0.5) is 0 Å². The molecule has 0 aromatic rings. The molecule has 0 aromatic heterocycles. The lowest BCUT2D eigenvalue weighted by Gasteiger charge is -2.43. The largest absolute Gasteiger partial charge is 1.00 e. The molecule has 0 spiro atoms. The highest BCUT2D eigenvalue weighted by atomic mass is 35.5. The normalized spacial score (nSPS) is 21.2. The van der Waals surface area contributed by atoms with E-state index in [9.17, 15) is 0 Å². The van der Waals surface area contributed by atoms with E-state index in [2.05, 4.69) is 20.9 Å². The van der Waals surface area contributed by atoms with Crippen molar-refractivity contribution in [2.75, 3.05) is 26.7 Å². The highest BCUT2D eigenvalue weighted by molar-refractivity contribution is 6.34. The summed E-state index contributed by atoms with van der Waals surface area (Å²) in [7, 11) is 2.30. The summed E-state index contributed by atoms with van der Waals surface area (Å²) >= 11 is 11.7. The quantitative estimate of drug-likeness (QED) is 0.518. The lowest BCUT2D eigenvalue weighted by atomic mass is 10.0. The number of hydrogen-bond acceptors (Lipinski definition) is 1. The van der Waals surface area contributed by atoms with E-state index in [1.165, 1.54) is 36.3 Å². The summed E-state index contributed by atoms with van der Waals surface area (Å²) in [6.45, 7) is 7.70. The second-order valence-corrected chi connectivity index (χ2v) is 6.18. The molecule has 1 fully saturated rings. The van der Waals surface area contributed by atoms with Crippen LogP contribution in [-0.2, 0) is 0 Å². The summed E-state index contributed by atoms with van der Waals surface area (Å²) < 4.78 is 2.40. The fourth-order valence-corrected chi connectivity index (χ4v) is 2.53. The molecule has 1 saturated heterocycles. The Labute approximate surface area is 110 Å². The van der Waals surface area contributed by atoms with Crippen LogP contribution in [-0.4, -0.2) is 40.6 Å². The summed E-state index contributed by atoms with van der Waals surface area (Å²) in [5.41, 5.74) is -0.144. The van der Waals surface area contributed by atoms with Crippen molar-refractivity contribution < 1.29 is 16.9 Å². The highest BCUT2D eigenvalue weighted by Crippen LogP contribution is 2.26. The van der Waals surface area contributed by atoms with Crippen LogP contribution >= 0.6 is 23.6 Å². The van der Waals surface area contributed by atoms with E-state index in [1.807, 2.05) is 0 Å². The Morgan fingerprint density at radius 2 is 1.60 bits per heavy atom. The standard InChI is InChI=1S/C10H21Cl2N2.ClH/c1-10(2,13(11)12)9-14(3)7-5-4-6-8-14;/h4-9H2,1-3H3;1H/q+1;/p-1. The average Bonchev–Trinajstić information content (AvgIpc) is 2.03. The fraction of sp³-hybridized carbons (Fsp3) is 1.00. The Morgan fingerprint density at radius 1 is 1.13 bits per heavy atom. The molecule has 1 aliphatic rings. The molecule has 0 saturated carbocycles. The molecule has 1 heterocycles. The van der Waals surface area contributed by atoms with Gasteiger partial charge in [0.25, 0.3) is 0 Å². The van der Waals surface area contributed by atoms with Crippen LogP contribution in [0.2, 0.25) is 0 Å². The Bertz CT molecular complexity index is 189. The molecule has 92 valence electrons. The maximum absolute atomic E-state index is 5.84. The molecule has 0 aromatic carbocycles. The van der Waals surface area contributed by atoms with Crippen LogP contribution in [0.15, 0.2) is 0 Å². The lowest BCUT2D eigenvalue weighted by Crippen LogP contribution is -3.00. The van der Waals surface area contributed by atoms with Crippen LogP contribution < -0.4 is 12.4 Å². The SMILES string of the molecule is CC(C)(C[N+]1(C)CCCCC1)N(Cl)Cl.[Cl-]. The molecule has 0 atom stereocenters. The van der Waals surface area contributed by atoms with Crippen molar-refractivity contribution >= 4 is 23.6 Å². The van der Waals surface area contributed by atoms with Gasteiger partial charge in [-0.15, -0.1) is 3.94 Å². The van der Waals surface area contributed by atoms with Gasteiger partial charge in [0.1, 0.15) is 0 Å². The fourth-order valence-electron chi connectivity index (χ4n) is 2.42. The molecule has 1 rings (SSSR count). The van der Waals surface area contributed by atoms with E-state index in [1.54, 1.807) is 0 Å². The van der Waals surface area contributed by atoms with Gasteiger partial charge in [-0.1, -0.05) is 0 Å². The predicted molar refractivity (Wildman–Crippen MR) is 62.3 cm³/mol. The number of rotatable bonds is 3. The second-order valence-electron chi connectivity index (χ2n) is 5.33. The van der Waals surface area contributed by atoms with Crippen molar-refractivity contribution in [2.45, 2.75) is 38.6 Å². The number of hydrogen-bond donors (Lipinski definition) is 0. The number of piperidine rings is 1. The summed E-state index contributed by atoms with van der Waals surface area (Å²) in [5.74, 6) is 0.